The van der Waals surface area contributed by atoms with Crippen molar-refractivity contribution in [3.63, 3.8) is 0 Å². The molecule has 0 unspecified atom stereocenters. The van der Waals surface area contributed by atoms with Crippen LogP contribution in [0, 0.1) is 0 Å². The summed E-state index contributed by atoms with van der Waals surface area (Å²) in [5.74, 6) is -2.36. The highest BCUT2D eigenvalue weighted by molar-refractivity contribution is 7.99. The highest BCUT2D eigenvalue weighted by Crippen LogP contribution is 2.48. The van der Waals surface area contributed by atoms with Crippen LogP contribution in [0.4, 0.5) is 0 Å². The van der Waals surface area contributed by atoms with E-state index in [1.54, 1.807) is 0 Å². The lowest BCUT2D eigenvalue weighted by Crippen LogP contribution is -1.79. The van der Waals surface area contributed by atoms with Crippen molar-refractivity contribution in [1.82, 2.24) is 0 Å². The molecule has 0 radical (unpaired) electrons. The Morgan fingerprint density at radius 1 is 0.765 bits per heavy atom. The van der Waals surface area contributed by atoms with E-state index in [4.69, 9.17) is 0 Å². The number of hydrogen-bond acceptors (Lipinski definition) is 5. The maximum Gasteiger partial charge on any atom is 0.205 e. The molecule has 0 heterocycles. The smallest absolute Gasteiger partial charge is 0.205 e. The van der Waals surface area contributed by atoms with Gasteiger partial charge in [-0.1, -0.05) is 30.0 Å². The van der Waals surface area contributed by atoms with Gasteiger partial charge in [-0.25, -0.2) is 0 Å². The fourth-order valence-corrected chi connectivity index (χ4v) is 2.22. The van der Waals surface area contributed by atoms with Crippen molar-refractivity contribution >= 4 is 11.8 Å². The Hall–Kier alpha value is -2.01. The highest BCUT2D eigenvalue weighted by Gasteiger charge is 2.16. The Morgan fingerprint density at radius 3 is 2.06 bits per heavy atom. The number of hydrogen-bond donors (Lipinski definition) is 4. The van der Waals surface area contributed by atoms with Crippen molar-refractivity contribution in [2.75, 3.05) is 0 Å². The van der Waals surface area contributed by atoms with Crippen LogP contribution in [0.15, 0.2) is 46.2 Å². The van der Waals surface area contributed by atoms with Crippen LogP contribution < -0.4 is 0 Å². The molecular weight excluding hydrogens is 240 g/mol. The normalized spacial score (nSPS) is 10.4. The molecule has 0 saturated carbocycles. The summed E-state index contributed by atoms with van der Waals surface area (Å²) < 4.78 is 0. The summed E-state index contributed by atoms with van der Waals surface area (Å²) in [4.78, 5) is 1.11. The summed E-state index contributed by atoms with van der Waals surface area (Å²) in [6, 6.07) is 10.4. The molecule has 5 heteroatoms. The molecule has 2 aromatic rings. The van der Waals surface area contributed by atoms with Gasteiger partial charge in [-0.15, -0.1) is 0 Å². The SMILES string of the molecule is Oc1cc(Sc2ccccc2)c(O)c(O)c1O. The van der Waals surface area contributed by atoms with Crippen LogP contribution in [0.2, 0.25) is 0 Å². The van der Waals surface area contributed by atoms with Gasteiger partial charge in [0.2, 0.25) is 11.5 Å². The fourth-order valence-electron chi connectivity index (χ4n) is 1.30. The lowest BCUT2D eigenvalue weighted by atomic mass is 10.3. The van der Waals surface area contributed by atoms with Crippen molar-refractivity contribution in [2.45, 2.75) is 9.79 Å². The summed E-state index contributed by atoms with van der Waals surface area (Å²) in [5, 5.41) is 37.6. The number of phenols is 4. The van der Waals surface area contributed by atoms with Crippen LogP contribution in [0.5, 0.6) is 23.0 Å². The average molecular weight is 250 g/mol. The van der Waals surface area contributed by atoms with E-state index in [9.17, 15) is 20.4 Å². The molecule has 0 atom stereocenters. The van der Waals surface area contributed by atoms with Crippen LogP contribution in [-0.2, 0) is 0 Å². The first-order chi connectivity index (χ1) is 8.09. The van der Waals surface area contributed by atoms with E-state index in [-0.39, 0.29) is 4.90 Å². The quantitative estimate of drug-likeness (QED) is 0.486. The molecule has 0 aliphatic rings. The lowest BCUT2D eigenvalue weighted by Gasteiger charge is -2.08. The van der Waals surface area contributed by atoms with Gasteiger partial charge in [0.15, 0.2) is 11.5 Å². The predicted molar refractivity (Wildman–Crippen MR) is 63.7 cm³/mol. The summed E-state index contributed by atoms with van der Waals surface area (Å²) in [6.07, 6.45) is 0. The van der Waals surface area contributed by atoms with Crippen molar-refractivity contribution in [3.8, 4) is 23.0 Å². The second kappa shape index (κ2) is 4.47. The minimum absolute atomic E-state index is 0.268. The van der Waals surface area contributed by atoms with Gasteiger partial charge < -0.3 is 20.4 Å². The Bertz CT molecular complexity index is 540. The summed E-state index contributed by atoms with van der Waals surface area (Å²) in [5.41, 5.74) is 0. The minimum atomic E-state index is -0.722. The van der Waals surface area contributed by atoms with Crippen LogP contribution in [0.1, 0.15) is 0 Å². The van der Waals surface area contributed by atoms with Crippen molar-refractivity contribution in [1.29, 1.82) is 0 Å². The largest absolute Gasteiger partial charge is 0.504 e. The van der Waals surface area contributed by atoms with Gasteiger partial charge in [-0.3, -0.25) is 0 Å². The molecule has 0 aromatic heterocycles. The minimum Gasteiger partial charge on any atom is -0.504 e. The molecule has 4 N–H and O–H groups in total. The summed E-state index contributed by atoms with van der Waals surface area (Å²) >= 11 is 1.17. The van der Waals surface area contributed by atoms with Gasteiger partial charge in [0.05, 0.1) is 4.90 Å². The van der Waals surface area contributed by atoms with Gasteiger partial charge in [0.1, 0.15) is 0 Å². The molecule has 17 heavy (non-hydrogen) atoms. The van der Waals surface area contributed by atoms with Crippen molar-refractivity contribution in [3.05, 3.63) is 36.4 Å². The predicted octanol–water partition coefficient (Wildman–Crippen LogP) is 2.66. The first-order valence-corrected chi connectivity index (χ1v) is 5.61. The molecule has 88 valence electrons. The molecule has 0 aliphatic carbocycles. The molecular formula is C12H10O4S. The Morgan fingerprint density at radius 2 is 1.41 bits per heavy atom. The molecule has 4 nitrogen and oxygen atoms in total. The third-order valence-corrected chi connectivity index (χ3v) is 3.20. The lowest BCUT2D eigenvalue weighted by molar-refractivity contribution is 0.340. The monoisotopic (exact) mass is 250 g/mol. The summed E-state index contributed by atoms with van der Waals surface area (Å²) in [7, 11) is 0. The maximum atomic E-state index is 9.62. The van der Waals surface area contributed by atoms with Gasteiger partial charge in [-0.05, 0) is 12.1 Å². The number of rotatable bonds is 2. The molecule has 0 fully saturated rings. The van der Waals surface area contributed by atoms with Crippen molar-refractivity contribution in [2.24, 2.45) is 0 Å². The molecule has 2 aromatic carbocycles. The van der Waals surface area contributed by atoms with Crippen LogP contribution in [0.25, 0.3) is 0 Å². The molecule has 0 bridgehead atoms. The topological polar surface area (TPSA) is 80.9 Å². The van der Waals surface area contributed by atoms with E-state index >= 15 is 0 Å². The number of aromatic hydroxyl groups is 4. The zero-order chi connectivity index (χ0) is 12.4. The van der Waals surface area contributed by atoms with E-state index in [0.29, 0.717) is 0 Å². The third kappa shape index (κ3) is 2.24. The molecule has 0 spiro atoms. The maximum absolute atomic E-state index is 9.62. The molecule has 0 saturated heterocycles. The van der Waals surface area contributed by atoms with E-state index in [2.05, 4.69) is 0 Å². The van der Waals surface area contributed by atoms with Crippen molar-refractivity contribution < 1.29 is 20.4 Å². The van der Waals surface area contributed by atoms with Crippen LogP contribution in [-0.4, -0.2) is 20.4 Å². The Labute approximate surface area is 102 Å². The Balaban J connectivity index is 2.41. The van der Waals surface area contributed by atoms with Gasteiger partial charge in [-0.2, -0.15) is 0 Å². The van der Waals surface area contributed by atoms with E-state index in [1.165, 1.54) is 17.8 Å². The highest BCUT2D eigenvalue weighted by atomic mass is 32.2. The van der Waals surface area contributed by atoms with Gasteiger partial charge in [0.25, 0.3) is 0 Å². The van der Waals surface area contributed by atoms with E-state index < -0.39 is 23.0 Å². The van der Waals surface area contributed by atoms with Crippen LogP contribution in [0.3, 0.4) is 0 Å². The second-order valence-electron chi connectivity index (χ2n) is 3.35. The third-order valence-electron chi connectivity index (χ3n) is 2.16. The first-order valence-electron chi connectivity index (χ1n) is 4.79. The van der Waals surface area contributed by atoms with Gasteiger partial charge in [0, 0.05) is 11.0 Å². The second-order valence-corrected chi connectivity index (χ2v) is 4.47. The van der Waals surface area contributed by atoms with E-state index in [1.807, 2.05) is 30.3 Å². The van der Waals surface area contributed by atoms with Crippen LogP contribution >= 0.6 is 11.8 Å². The van der Waals surface area contributed by atoms with E-state index in [0.717, 1.165) is 4.90 Å². The average Bonchev–Trinajstić information content (AvgIpc) is 2.35. The zero-order valence-corrected chi connectivity index (χ0v) is 9.48. The Kier molecular flexibility index (Phi) is 3.01. The summed E-state index contributed by atoms with van der Waals surface area (Å²) in [6.45, 7) is 0. The standard InChI is InChI=1S/C12H10O4S/c13-8-6-9(11(15)12(16)10(8)14)17-7-4-2-1-3-5-7/h1-6,13-16H. The molecule has 0 amide bonds. The van der Waals surface area contributed by atoms with Gasteiger partial charge >= 0.3 is 0 Å². The zero-order valence-electron chi connectivity index (χ0n) is 8.66. The molecule has 2 rings (SSSR count). The first kappa shape index (κ1) is 11.5. The number of phenolic OH excluding ortho intramolecular Hbond substituents is 4. The number of benzene rings is 2. The molecule has 0 aliphatic heterocycles. The fraction of sp³-hybridized carbons (Fsp3) is 0.